The van der Waals surface area contributed by atoms with Crippen molar-refractivity contribution >= 4 is 0 Å². The molecule has 0 aromatic carbocycles. The first-order valence-corrected chi connectivity index (χ1v) is 6.82. The van der Waals surface area contributed by atoms with Crippen molar-refractivity contribution in [1.82, 2.24) is 10.4 Å². The van der Waals surface area contributed by atoms with E-state index in [1.54, 1.807) is 0 Å². The fourth-order valence-electron chi connectivity index (χ4n) is 2.15. The predicted molar refractivity (Wildman–Crippen MR) is 68.3 cm³/mol. The van der Waals surface area contributed by atoms with E-state index in [1.807, 2.05) is 0 Å². The van der Waals surface area contributed by atoms with E-state index >= 15 is 0 Å². The van der Waals surface area contributed by atoms with Crippen LogP contribution in [-0.4, -0.2) is 37.2 Å². The van der Waals surface area contributed by atoms with Crippen molar-refractivity contribution < 1.29 is 4.84 Å². The Morgan fingerprint density at radius 2 is 2.12 bits per heavy atom. The maximum Gasteiger partial charge on any atom is 0.0705 e. The molecule has 1 aliphatic heterocycles. The highest BCUT2D eigenvalue weighted by Gasteiger charge is 2.16. The second-order valence-corrected chi connectivity index (χ2v) is 5.29. The van der Waals surface area contributed by atoms with Crippen molar-refractivity contribution in [3.05, 3.63) is 0 Å². The molecular weight excluding hydrogens is 200 g/mol. The molecule has 0 aromatic heterocycles. The minimum atomic E-state index is 0.556. The van der Waals surface area contributed by atoms with Gasteiger partial charge in [-0.1, -0.05) is 20.8 Å². The number of hydrogen-bond donors (Lipinski definition) is 1. The van der Waals surface area contributed by atoms with Crippen molar-refractivity contribution in [2.24, 2.45) is 5.92 Å². The fraction of sp³-hybridized carbons (Fsp3) is 1.00. The molecule has 0 amide bonds. The lowest BCUT2D eigenvalue weighted by Crippen LogP contribution is -2.32. The number of likely N-dealkylation sites (tertiary alicyclic amines) is 1. The van der Waals surface area contributed by atoms with Crippen LogP contribution in [-0.2, 0) is 4.84 Å². The average Bonchev–Trinajstić information content (AvgIpc) is 2.44. The van der Waals surface area contributed by atoms with Crippen molar-refractivity contribution in [3.8, 4) is 0 Å². The molecule has 1 saturated heterocycles. The third-order valence-electron chi connectivity index (χ3n) is 3.03. The molecule has 0 aliphatic carbocycles. The summed E-state index contributed by atoms with van der Waals surface area (Å²) in [7, 11) is 0. The van der Waals surface area contributed by atoms with Crippen LogP contribution in [0.5, 0.6) is 0 Å². The summed E-state index contributed by atoms with van der Waals surface area (Å²) in [5.41, 5.74) is 3.23. The van der Waals surface area contributed by atoms with Crippen LogP contribution in [0, 0.1) is 5.92 Å². The van der Waals surface area contributed by atoms with Gasteiger partial charge in [-0.3, -0.25) is 0 Å². The summed E-state index contributed by atoms with van der Waals surface area (Å²) in [6.45, 7) is 11.2. The molecule has 0 radical (unpaired) electrons. The number of nitrogens with zero attached hydrogens (tertiary/aromatic N) is 1. The van der Waals surface area contributed by atoms with Gasteiger partial charge in [0.05, 0.1) is 6.61 Å². The Balaban J connectivity index is 2.14. The van der Waals surface area contributed by atoms with Gasteiger partial charge >= 0.3 is 0 Å². The summed E-state index contributed by atoms with van der Waals surface area (Å²) >= 11 is 0. The van der Waals surface area contributed by atoms with Crippen molar-refractivity contribution in [2.45, 2.75) is 52.5 Å². The van der Waals surface area contributed by atoms with Crippen LogP contribution < -0.4 is 5.48 Å². The van der Waals surface area contributed by atoms with E-state index in [2.05, 4.69) is 31.2 Å². The van der Waals surface area contributed by atoms with E-state index in [4.69, 9.17) is 4.84 Å². The summed E-state index contributed by atoms with van der Waals surface area (Å²) in [6.07, 6.45) is 5.03. The number of hydrogen-bond acceptors (Lipinski definition) is 3. The molecule has 1 atom stereocenters. The summed E-state index contributed by atoms with van der Waals surface area (Å²) in [4.78, 5) is 8.09. The van der Waals surface area contributed by atoms with Crippen molar-refractivity contribution in [2.75, 3.05) is 26.2 Å². The minimum absolute atomic E-state index is 0.556. The van der Waals surface area contributed by atoms with E-state index in [-0.39, 0.29) is 0 Å². The Kier molecular flexibility index (Phi) is 7.01. The topological polar surface area (TPSA) is 24.5 Å². The zero-order chi connectivity index (χ0) is 11.8. The summed E-state index contributed by atoms with van der Waals surface area (Å²) < 4.78 is 0. The highest BCUT2D eigenvalue weighted by molar-refractivity contribution is 4.72. The highest BCUT2D eigenvalue weighted by Crippen LogP contribution is 2.11. The quantitative estimate of drug-likeness (QED) is 0.707. The number of nitrogens with one attached hydrogen (secondary N) is 1. The van der Waals surface area contributed by atoms with E-state index in [1.165, 1.54) is 45.3 Å². The SMILES string of the molecule is CCCN1CCCC(NOCC(C)C)CC1. The standard InChI is InChI=1S/C13H28N2O/c1-4-8-15-9-5-6-13(7-10-15)14-16-11-12(2)3/h12-14H,4-11H2,1-3H3. The zero-order valence-electron chi connectivity index (χ0n) is 11.2. The van der Waals surface area contributed by atoms with Crippen LogP contribution in [0.3, 0.4) is 0 Å². The van der Waals surface area contributed by atoms with Gasteiger partial charge < -0.3 is 9.74 Å². The van der Waals surface area contributed by atoms with Gasteiger partial charge in [-0.15, -0.1) is 0 Å². The normalized spacial score (nSPS) is 23.6. The Hall–Kier alpha value is -0.120. The summed E-state index contributed by atoms with van der Waals surface area (Å²) in [5, 5.41) is 0. The molecule has 1 heterocycles. The molecule has 1 fully saturated rings. The summed E-state index contributed by atoms with van der Waals surface area (Å²) in [6, 6.07) is 0.556. The summed E-state index contributed by atoms with van der Waals surface area (Å²) in [5.74, 6) is 0.606. The molecule has 0 saturated carbocycles. The second-order valence-electron chi connectivity index (χ2n) is 5.29. The first-order valence-electron chi connectivity index (χ1n) is 6.82. The van der Waals surface area contributed by atoms with Gasteiger partial charge in [0, 0.05) is 6.04 Å². The lowest BCUT2D eigenvalue weighted by Gasteiger charge is -2.19. The maximum atomic E-state index is 5.52. The average molecular weight is 228 g/mol. The lowest BCUT2D eigenvalue weighted by atomic mass is 10.1. The van der Waals surface area contributed by atoms with E-state index < -0.39 is 0 Å². The van der Waals surface area contributed by atoms with Gasteiger partial charge in [0.25, 0.3) is 0 Å². The van der Waals surface area contributed by atoms with Crippen LogP contribution in [0.15, 0.2) is 0 Å². The highest BCUT2D eigenvalue weighted by atomic mass is 16.6. The number of rotatable bonds is 6. The molecule has 1 N–H and O–H groups in total. The van der Waals surface area contributed by atoms with E-state index in [0.717, 1.165) is 6.61 Å². The van der Waals surface area contributed by atoms with E-state index in [9.17, 15) is 0 Å². The molecule has 0 bridgehead atoms. The van der Waals surface area contributed by atoms with Crippen LogP contribution >= 0.6 is 0 Å². The lowest BCUT2D eigenvalue weighted by molar-refractivity contribution is -0.00208. The monoisotopic (exact) mass is 228 g/mol. The molecule has 1 aliphatic rings. The number of hydroxylamine groups is 1. The van der Waals surface area contributed by atoms with Gasteiger partial charge in [-0.25, -0.2) is 0 Å². The maximum absolute atomic E-state index is 5.52. The molecule has 1 rings (SSSR count). The smallest absolute Gasteiger partial charge is 0.0705 e. The molecular formula is C13H28N2O. The molecule has 3 heteroatoms. The molecule has 1 unspecified atom stereocenters. The van der Waals surface area contributed by atoms with Gasteiger partial charge in [0.2, 0.25) is 0 Å². The van der Waals surface area contributed by atoms with Crippen LogP contribution in [0.1, 0.15) is 46.5 Å². The van der Waals surface area contributed by atoms with Crippen molar-refractivity contribution in [1.29, 1.82) is 0 Å². The van der Waals surface area contributed by atoms with Gasteiger partial charge in [-0.05, 0) is 51.2 Å². The predicted octanol–water partition coefficient (Wildman–Crippen LogP) is 2.43. The Morgan fingerprint density at radius 1 is 1.31 bits per heavy atom. The zero-order valence-corrected chi connectivity index (χ0v) is 11.2. The Morgan fingerprint density at radius 3 is 2.81 bits per heavy atom. The molecule has 0 spiro atoms. The largest absolute Gasteiger partial charge is 0.303 e. The molecule has 96 valence electrons. The molecule has 3 nitrogen and oxygen atoms in total. The third-order valence-corrected chi connectivity index (χ3v) is 3.03. The van der Waals surface area contributed by atoms with Gasteiger partial charge in [-0.2, -0.15) is 5.48 Å². The Bertz CT molecular complexity index is 173. The van der Waals surface area contributed by atoms with Crippen LogP contribution in [0.4, 0.5) is 0 Å². The molecule has 0 aromatic rings. The Labute approximate surface area is 100 Å². The fourth-order valence-corrected chi connectivity index (χ4v) is 2.15. The third kappa shape index (κ3) is 5.83. The van der Waals surface area contributed by atoms with E-state index in [0.29, 0.717) is 12.0 Å². The minimum Gasteiger partial charge on any atom is -0.303 e. The first-order chi connectivity index (χ1) is 7.72. The van der Waals surface area contributed by atoms with Gasteiger partial charge in [0.1, 0.15) is 0 Å². The van der Waals surface area contributed by atoms with Gasteiger partial charge in [0.15, 0.2) is 0 Å². The second kappa shape index (κ2) is 8.04. The van der Waals surface area contributed by atoms with Crippen molar-refractivity contribution in [3.63, 3.8) is 0 Å². The van der Waals surface area contributed by atoms with Crippen LogP contribution in [0.2, 0.25) is 0 Å². The van der Waals surface area contributed by atoms with Crippen LogP contribution in [0.25, 0.3) is 0 Å². The first kappa shape index (κ1) is 13.9. The molecule has 16 heavy (non-hydrogen) atoms.